The van der Waals surface area contributed by atoms with Gasteiger partial charge in [0, 0.05) is 22.0 Å². The van der Waals surface area contributed by atoms with Crippen LogP contribution in [0.5, 0.6) is 0 Å². The Morgan fingerprint density at radius 3 is 1.85 bits per heavy atom. The van der Waals surface area contributed by atoms with Crippen molar-refractivity contribution < 1.29 is 4.42 Å². The Labute approximate surface area is 279 Å². The van der Waals surface area contributed by atoms with E-state index in [2.05, 4.69) is 163 Å². The van der Waals surface area contributed by atoms with Gasteiger partial charge in [0.1, 0.15) is 5.52 Å². The van der Waals surface area contributed by atoms with E-state index in [1.54, 1.807) is 0 Å². The minimum absolute atomic E-state index is 0.653. The second-order valence-corrected chi connectivity index (χ2v) is 12.2. The summed E-state index contributed by atoms with van der Waals surface area (Å²) in [5.41, 5.74) is 14.7. The molecular formula is C45H32N2O. The third kappa shape index (κ3) is 4.63. The number of hydrogen-bond donors (Lipinski definition) is 0. The average Bonchev–Trinajstić information content (AvgIpc) is 3.75. The lowest BCUT2D eigenvalue weighted by molar-refractivity contribution is 0.620. The molecule has 0 N–H and O–H groups in total. The molecule has 48 heavy (non-hydrogen) atoms. The topological polar surface area (TPSA) is 31.0 Å². The number of para-hydroxylation sites is 3. The van der Waals surface area contributed by atoms with E-state index in [0.717, 1.165) is 28.6 Å². The summed E-state index contributed by atoms with van der Waals surface area (Å²) >= 11 is 0. The van der Waals surface area contributed by atoms with Crippen molar-refractivity contribution in [3.05, 3.63) is 169 Å². The van der Waals surface area contributed by atoms with Crippen LogP contribution in [0.3, 0.4) is 0 Å². The molecule has 2 heterocycles. The van der Waals surface area contributed by atoms with Gasteiger partial charge in [-0.2, -0.15) is 0 Å². The fourth-order valence-electron chi connectivity index (χ4n) is 7.14. The van der Waals surface area contributed by atoms with Crippen molar-refractivity contribution in [1.82, 2.24) is 9.55 Å². The number of oxazole rings is 1. The predicted molar refractivity (Wildman–Crippen MR) is 199 cm³/mol. The Morgan fingerprint density at radius 2 is 1.10 bits per heavy atom. The number of aromatic nitrogens is 2. The Bertz CT molecular complexity index is 2590. The first-order chi connectivity index (χ1) is 23.8. The molecule has 0 unspecified atom stereocenters. The minimum atomic E-state index is 0.653. The van der Waals surface area contributed by atoms with Crippen LogP contribution in [0.1, 0.15) is 12.5 Å². The van der Waals surface area contributed by atoms with Crippen LogP contribution >= 0.6 is 0 Å². The smallest absolute Gasteiger partial charge is 0.227 e. The summed E-state index contributed by atoms with van der Waals surface area (Å²) in [6.45, 7) is 2.15. The van der Waals surface area contributed by atoms with Gasteiger partial charge in [0.05, 0.1) is 11.0 Å². The summed E-state index contributed by atoms with van der Waals surface area (Å²) in [5, 5.41) is 2.50. The van der Waals surface area contributed by atoms with Gasteiger partial charge >= 0.3 is 0 Å². The molecule has 0 atom stereocenters. The molecule has 0 amide bonds. The van der Waals surface area contributed by atoms with Gasteiger partial charge in [-0.1, -0.05) is 122 Å². The summed E-state index contributed by atoms with van der Waals surface area (Å²) < 4.78 is 8.54. The third-order valence-corrected chi connectivity index (χ3v) is 9.47. The van der Waals surface area contributed by atoms with E-state index < -0.39 is 0 Å². The Balaban J connectivity index is 1.13. The van der Waals surface area contributed by atoms with Crippen LogP contribution < -0.4 is 0 Å². The highest BCUT2D eigenvalue weighted by atomic mass is 16.3. The Morgan fingerprint density at radius 1 is 0.500 bits per heavy atom. The first kappa shape index (κ1) is 28.1. The lowest BCUT2D eigenvalue weighted by atomic mass is 9.89. The molecule has 9 aromatic rings. The molecule has 0 aliphatic rings. The van der Waals surface area contributed by atoms with Crippen LogP contribution in [0.15, 0.2) is 168 Å². The van der Waals surface area contributed by atoms with Crippen molar-refractivity contribution >= 4 is 32.9 Å². The predicted octanol–water partition coefficient (Wildman–Crippen LogP) is 12.2. The molecule has 0 saturated carbocycles. The van der Waals surface area contributed by atoms with Crippen LogP contribution in [-0.2, 0) is 6.42 Å². The Hall–Kier alpha value is -6.19. The van der Waals surface area contributed by atoms with E-state index >= 15 is 0 Å². The van der Waals surface area contributed by atoms with E-state index in [-0.39, 0.29) is 0 Å². The highest BCUT2D eigenvalue weighted by Gasteiger charge is 2.17. The van der Waals surface area contributed by atoms with Crippen molar-refractivity contribution in [3.8, 4) is 50.5 Å². The molecule has 0 bridgehead atoms. The summed E-state index contributed by atoms with van der Waals surface area (Å²) in [4.78, 5) is 4.86. The van der Waals surface area contributed by atoms with Crippen LogP contribution in [0.4, 0.5) is 0 Å². The summed E-state index contributed by atoms with van der Waals surface area (Å²) in [6.07, 6.45) is 0.922. The van der Waals surface area contributed by atoms with Gasteiger partial charge in [-0.05, 0) is 93.9 Å². The maximum atomic E-state index is 6.17. The molecular weight excluding hydrogens is 585 g/mol. The molecule has 228 valence electrons. The van der Waals surface area contributed by atoms with Gasteiger partial charge < -0.3 is 8.98 Å². The van der Waals surface area contributed by atoms with Gasteiger partial charge in [-0.25, -0.2) is 4.98 Å². The summed E-state index contributed by atoms with van der Waals surface area (Å²) in [7, 11) is 0. The monoisotopic (exact) mass is 616 g/mol. The molecule has 0 aliphatic heterocycles. The highest BCUT2D eigenvalue weighted by Crippen LogP contribution is 2.41. The van der Waals surface area contributed by atoms with Gasteiger partial charge in [0.15, 0.2) is 5.58 Å². The van der Waals surface area contributed by atoms with Crippen molar-refractivity contribution in [2.45, 2.75) is 13.3 Å². The number of benzene rings is 7. The normalized spacial score (nSPS) is 11.5. The quantitative estimate of drug-likeness (QED) is 0.186. The van der Waals surface area contributed by atoms with Gasteiger partial charge in [0.25, 0.3) is 0 Å². The molecule has 7 aromatic carbocycles. The summed E-state index contributed by atoms with van der Waals surface area (Å²) in [5.74, 6) is 0.653. The molecule has 0 saturated heterocycles. The fourth-order valence-corrected chi connectivity index (χ4v) is 7.14. The number of nitrogens with zero attached hydrogens (tertiary/aromatic N) is 2. The van der Waals surface area contributed by atoms with E-state index in [0.29, 0.717) is 5.89 Å². The fraction of sp³-hybridized carbons (Fsp3) is 0.0444. The number of hydrogen-bond acceptors (Lipinski definition) is 2. The number of rotatable bonds is 6. The van der Waals surface area contributed by atoms with E-state index in [1.807, 2.05) is 12.1 Å². The molecule has 0 spiro atoms. The number of fused-ring (bicyclic) bond motifs is 4. The molecule has 0 fully saturated rings. The van der Waals surface area contributed by atoms with Gasteiger partial charge in [-0.15, -0.1) is 0 Å². The van der Waals surface area contributed by atoms with E-state index in [9.17, 15) is 0 Å². The van der Waals surface area contributed by atoms with Gasteiger partial charge in [-0.3, -0.25) is 0 Å². The first-order valence-corrected chi connectivity index (χ1v) is 16.5. The first-order valence-electron chi connectivity index (χ1n) is 16.5. The molecule has 9 rings (SSSR count). The number of aryl methyl sites for hydroxylation is 1. The van der Waals surface area contributed by atoms with Crippen molar-refractivity contribution in [3.63, 3.8) is 0 Å². The van der Waals surface area contributed by atoms with Gasteiger partial charge in [0.2, 0.25) is 5.89 Å². The maximum absolute atomic E-state index is 6.17. The highest BCUT2D eigenvalue weighted by molar-refractivity contribution is 6.11. The maximum Gasteiger partial charge on any atom is 0.227 e. The van der Waals surface area contributed by atoms with Crippen molar-refractivity contribution in [2.75, 3.05) is 0 Å². The third-order valence-electron chi connectivity index (χ3n) is 9.47. The largest absolute Gasteiger partial charge is 0.436 e. The van der Waals surface area contributed by atoms with Crippen LogP contribution in [0, 0.1) is 0 Å². The van der Waals surface area contributed by atoms with E-state index in [4.69, 9.17) is 9.40 Å². The van der Waals surface area contributed by atoms with Crippen molar-refractivity contribution in [1.29, 1.82) is 0 Å². The second kappa shape index (κ2) is 11.6. The lowest BCUT2D eigenvalue weighted by Crippen LogP contribution is -1.93. The molecule has 3 nitrogen and oxygen atoms in total. The average molecular weight is 617 g/mol. The molecule has 0 radical (unpaired) electrons. The SMILES string of the molecule is CCc1cccc2oc(-c3ccc(-c4ccccc4-c4ccccc4-c4ccc5c(c4)c4ccccc4n5-c4ccccc4)cc3)nc12. The minimum Gasteiger partial charge on any atom is -0.436 e. The Kier molecular flexibility index (Phi) is 6.76. The van der Waals surface area contributed by atoms with Crippen molar-refractivity contribution in [2.24, 2.45) is 0 Å². The second-order valence-electron chi connectivity index (χ2n) is 12.2. The van der Waals surface area contributed by atoms with Crippen LogP contribution in [0.25, 0.3) is 83.4 Å². The van der Waals surface area contributed by atoms with Crippen LogP contribution in [-0.4, -0.2) is 9.55 Å². The molecule has 0 aliphatic carbocycles. The zero-order valence-corrected chi connectivity index (χ0v) is 26.6. The molecule has 2 aromatic heterocycles. The standard InChI is InChI=1S/C45H32N2O/c1-2-30-13-12-22-43-44(30)46-45(48-43)32-25-23-31(24-26-32)35-16-6-8-18-37(35)38-19-9-7-17-36(38)33-27-28-42-40(29-33)39-20-10-11-21-41(39)47(42)34-14-4-3-5-15-34/h3-29H,2H2,1H3. The molecule has 3 heteroatoms. The lowest BCUT2D eigenvalue weighted by Gasteiger charge is -2.15. The zero-order valence-electron chi connectivity index (χ0n) is 26.6. The van der Waals surface area contributed by atoms with Crippen LogP contribution in [0.2, 0.25) is 0 Å². The van der Waals surface area contributed by atoms with E-state index in [1.165, 1.54) is 60.9 Å². The summed E-state index contributed by atoms with van der Waals surface area (Å²) in [6, 6.07) is 58.4. The zero-order chi connectivity index (χ0) is 32.0.